The maximum absolute atomic E-state index is 12.0. The van der Waals surface area contributed by atoms with E-state index >= 15 is 0 Å². The number of morpholine rings is 1. The number of nitrogens with zero attached hydrogens (tertiary/aromatic N) is 1. The molecule has 1 aromatic rings. The van der Waals surface area contributed by atoms with Gasteiger partial charge in [-0.25, -0.2) is 0 Å². The Bertz CT molecular complexity index is 565. The highest BCUT2D eigenvalue weighted by Gasteiger charge is 2.15. The van der Waals surface area contributed by atoms with Crippen LogP contribution in [0.5, 0.6) is 5.75 Å². The van der Waals surface area contributed by atoms with Crippen molar-refractivity contribution in [2.75, 3.05) is 52.5 Å². The zero-order valence-electron chi connectivity index (χ0n) is 16.4. The monoisotopic (exact) mass is 433 g/mol. The summed E-state index contributed by atoms with van der Waals surface area (Å²) in [7, 11) is 0. The molecular formula is C20H33Cl2N3O3. The molecule has 0 bridgehead atoms. The topological polar surface area (TPSA) is 62.8 Å². The first-order valence-electron chi connectivity index (χ1n) is 9.79. The van der Waals surface area contributed by atoms with Crippen LogP contribution in [0.1, 0.15) is 24.8 Å². The molecule has 0 aromatic heterocycles. The Hall–Kier alpha value is -1.05. The average Bonchev–Trinajstić information content (AvgIpc) is 3.20. The lowest BCUT2D eigenvalue weighted by Crippen LogP contribution is -2.38. The van der Waals surface area contributed by atoms with Crippen molar-refractivity contribution in [1.29, 1.82) is 0 Å². The summed E-state index contributed by atoms with van der Waals surface area (Å²) >= 11 is 0. The third-order valence-corrected chi connectivity index (χ3v) is 5.11. The van der Waals surface area contributed by atoms with Crippen LogP contribution in [-0.4, -0.2) is 63.4 Å². The van der Waals surface area contributed by atoms with Gasteiger partial charge < -0.3 is 20.1 Å². The molecule has 1 atom stereocenters. The number of hydrogen-bond donors (Lipinski definition) is 2. The third kappa shape index (κ3) is 8.97. The van der Waals surface area contributed by atoms with Crippen LogP contribution >= 0.6 is 24.8 Å². The number of ether oxygens (including phenoxy) is 2. The number of carbonyl (C=O) groups excluding carboxylic acids is 1. The molecule has 28 heavy (non-hydrogen) atoms. The summed E-state index contributed by atoms with van der Waals surface area (Å²) in [5.41, 5.74) is 1.07. The highest BCUT2D eigenvalue weighted by Crippen LogP contribution is 2.15. The Morgan fingerprint density at radius 3 is 2.86 bits per heavy atom. The summed E-state index contributed by atoms with van der Waals surface area (Å²) in [5.74, 6) is 1.65. The van der Waals surface area contributed by atoms with Crippen molar-refractivity contribution in [3.8, 4) is 5.75 Å². The lowest BCUT2D eigenvalue weighted by Gasteiger charge is -2.26. The average molecular weight is 434 g/mol. The largest absolute Gasteiger partial charge is 0.492 e. The van der Waals surface area contributed by atoms with E-state index in [1.807, 2.05) is 24.3 Å². The van der Waals surface area contributed by atoms with E-state index in [2.05, 4.69) is 15.5 Å². The first-order valence-corrected chi connectivity index (χ1v) is 9.79. The van der Waals surface area contributed by atoms with Gasteiger partial charge in [0.15, 0.2) is 0 Å². The van der Waals surface area contributed by atoms with Gasteiger partial charge in [-0.3, -0.25) is 9.69 Å². The van der Waals surface area contributed by atoms with Gasteiger partial charge in [-0.05, 0) is 49.5 Å². The van der Waals surface area contributed by atoms with Gasteiger partial charge in [0.25, 0.3) is 0 Å². The van der Waals surface area contributed by atoms with E-state index in [1.165, 1.54) is 6.42 Å². The number of benzene rings is 1. The number of carbonyl (C=O) groups is 1. The van der Waals surface area contributed by atoms with Crippen molar-refractivity contribution in [2.24, 2.45) is 5.92 Å². The molecule has 8 heteroatoms. The second kappa shape index (κ2) is 14.0. The molecule has 3 rings (SSSR count). The number of rotatable bonds is 9. The highest BCUT2D eigenvalue weighted by molar-refractivity contribution is 5.85. The number of amides is 1. The van der Waals surface area contributed by atoms with Crippen LogP contribution in [0.2, 0.25) is 0 Å². The third-order valence-electron chi connectivity index (χ3n) is 5.11. The summed E-state index contributed by atoms with van der Waals surface area (Å²) in [6, 6.07) is 7.99. The highest BCUT2D eigenvalue weighted by atomic mass is 35.5. The number of hydrogen-bond acceptors (Lipinski definition) is 5. The summed E-state index contributed by atoms with van der Waals surface area (Å²) in [6.45, 7) is 7.87. The maximum Gasteiger partial charge on any atom is 0.220 e. The zero-order valence-corrected chi connectivity index (χ0v) is 18.0. The Morgan fingerprint density at radius 1 is 1.29 bits per heavy atom. The minimum atomic E-state index is 0. The molecule has 160 valence electrons. The molecule has 2 N–H and O–H groups in total. The van der Waals surface area contributed by atoms with Crippen molar-refractivity contribution in [3.63, 3.8) is 0 Å². The lowest BCUT2D eigenvalue weighted by molar-refractivity contribution is -0.121. The molecule has 1 unspecified atom stereocenters. The molecule has 0 saturated carbocycles. The van der Waals surface area contributed by atoms with Crippen molar-refractivity contribution in [3.05, 3.63) is 29.8 Å². The van der Waals surface area contributed by atoms with E-state index < -0.39 is 0 Å². The van der Waals surface area contributed by atoms with Crippen LogP contribution in [0.15, 0.2) is 24.3 Å². The van der Waals surface area contributed by atoms with Crippen molar-refractivity contribution in [1.82, 2.24) is 15.5 Å². The van der Waals surface area contributed by atoms with Gasteiger partial charge in [-0.1, -0.05) is 12.1 Å². The van der Waals surface area contributed by atoms with Crippen molar-refractivity contribution in [2.45, 2.75) is 25.8 Å². The molecule has 2 aliphatic rings. The summed E-state index contributed by atoms with van der Waals surface area (Å²) in [6.07, 6.45) is 2.78. The summed E-state index contributed by atoms with van der Waals surface area (Å²) in [4.78, 5) is 14.4. The fourth-order valence-electron chi connectivity index (χ4n) is 3.45. The summed E-state index contributed by atoms with van der Waals surface area (Å²) < 4.78 is 11.2. The Labute approximate surface area is 180 Å². The van der Waals surface area contributed by atoms with Gasteiger partial charge in [0.05, 0.1) is 13.2 Å². The van der Waals surface area contributed by atoms with Crippen LogP contribution in [0.25, 0.3) is 0 Å². The van der Waals surface area contributed by atoms with E-state index in [0.29, 0.717) is 25.5 Å². The molecule has 0 aliphatic carbocycles. The standard InChI is InChI=1S/C20H31N3O3.2ClH/c24-20(5-4-17-6-7-21-15-17)22-16-18-2-1-3-19(14-18)26-13-10-23-8-11-25-12-9-23;;/h1-3,14,17,21H,4-13,15-16H2,(H,22,24);2*1H. The first-order chi connectivity index (χ1) is 12.8. The van der Waals surface area contributed by atoms with E-state index in [0.717, 1.165) is 63.7 Å². The molecule has 2 heterocycles. The Balaban J connectivity index is 0.00000196. The molecular weight excluding hydrogens is 401 g/mol. The second-order valence-electron chi connectivity index (χ2n) is 7.12. The molecule has 2 saturated heterocycles. The quantitative estimate of drug-likeness (QED) is 0.625. The van der Waals surface area contributed by atoms with E-state index in [9.17, 15) is 4.79 Å². The molecule has 0 radical (unpaired) electrons. The minimum Gasteiger partial charge on any atom is -0.492 e. The lowest BCUT2D eigenvalue weighted by atomic mass is 10.0. The van der Waals surface area contributed by atoms with Gasteiger partial charge in [-0.2, -0.15) is 0 Å². The Morgan fingerprint density at radius 2 is 2.11 bits per heavy atom. The van der Waals surface area contributed by atoms with E-state index in [1.54, 1.807) is 0 Å². The van der Waals surface area contributed by atoms with Crippen molar-refractivity contribution >= 4 is 30.7 Å². The van der Waals surface area contributed by atoms with Crippen LogP contribution in [0, 0.1) is 5.92 Å². The molecule has 1 aromatic carbocycles. The van der Waals surface area contributed by atoms with Gasteiger partial charge >= 0.3 is 0 Å². The van der Waals surface area contributed by atoms with Gasteiger partial charge in [0, 0.05) is 32.6 Å². The molecule has 0 spiro atoms. The number of nitrogens with one attached hydrogen (secondary N) is 2. The normalized spacial score (nSPS) is 19.4. The molecule has 2 fully saturated rings. The zero-order chi connectivity index (χ0) is 18.0. The molecule has 2 aliphatic heterocycles. The van der Waals surface area contributed by atoms with Gasteiger partial charge in [-0.15, -0.1) is 24.8 Å². The number of halogens is 2. The van der Waals surface area contributed by atoms with Crippen LogP contribution < -0.4 is 15.4 Å². The second-order valence-corrected chi connectivity index (χ2v) is 7.12. The van der Waals surface area contributed by atoms with E-state index in [-0.39, 0.29) is 30.7 Å². The smallest absolute Gasteiger partial charge is 0.220 e. The Kier molecular flexibility index (Phi) is 12.5. The van der Waals surface area contributed by atoms with E-state index in [4.69, 9.17) is 9.47 Å². The van der Waals surface area contributed by atoms with Gasteiger partial charge in [0.1, 0.15) is 12.4 Å². The fraction of sp³-hybridized carbons (Fsp3) is 0.650. The predicted octanol–water partition coefficient (Wildman–Crippen LogP) is 2.25. The first kappa shape index (κ1) is 25.0. The minimum absolute atomic E-state index is 0. The SMILES string of the molecule is Cl.Cl.O=C(CCC1CCNC1)NCc1cccc(OCCN2CCOCC2)c1. The molecule has 6 nitrogen and oxygen atoms in total. The maximum atomic E-state index is 12.0. The fourth-order valence-corrected chi connectivity index (χ4v) is 3.45. The van der Waals surface area contributed by atoms with Crippen LogP contribution in [0.4, 0.5) is 0 Å². The van der Waals surface area contributed by atoms with Crippen LogP contribution in [0.3, 0.4) is 0 Å². The van der Waals surface area contributed by atoms with Crippen LogP contribution in [-0.2, 0) is 16.1 Å². The predicted molar refractivity (Wildman–Crippen MR) is 116 cm³/mol. The van der Waals surface area contributed by atoms with Crippen molar-refractivity contribution < 1.29 is 14.3 Å². The van der Waals surface area contributed by atoms with Gasteiger partial charge in [0.2, 0.25) is 5.91 Å². The molecule has 1 amide bonds. The summed E-state index contributed by atoms with van der Waals surface area (Å²) in [5, 5.41) is 6.36.